The number of carbonyl (C=O) groups excluding carboxylic acids is 2. The van der Waals surface area contributed by atoms with Gasteiger partial charge in [0, 0.05) is 24.9 Å². The molecule has 1 aliphatic rings. The summed E-state index contributed by atoms with van der Waals surface area (Å²) in [6, 6.07) is 2.90. The van der Waals surface area contributed by atoms with E-state index in [1.54, 1.807) is 6.92 Å². The Bertz CT molecular complexity index is 1140. The molecule has 1 aliphatic carbocycles. The summed E-state index contributed by atoms with van der Waals surface area (Å²) >= 11 is 0. The smallest absolute Gasteiger partial charge is 0.331 e. The zero-order valence-electron chi connectivity index (χ0n) is 16.5. The van der Waals surface area contributed by atoms with Crippen LogP contribution in [0, 0.1) is 6.92 Å². The first kappa shape index (κ1) is 20.7. The molecule has 3 rings (SSSR count). The fourth-order valence-corrected chi connectivity index (χ4v) is 3.85. The molecule has 0 atom stereocenters. The van der Waals surface area contributed by atoms with E-state index in [1.165, 1.54) is 16.7 Å². The fourth-order valence-electron chi connectivity index (χ4n) is 3.85. The molecule has 2 aromatic rings. The number of alkyl halides is 1. The minimum Gasteiger partial charge on any atom is -0.506 e. The van der Waals surface area contributed by atoms with Crippen LogP contribution >= 0.6 is 0 Å². The van der Waals surface area contributed by atoms with Gasteiger partial charge >= 0.3 is 5.69 Å². The lowest BCUT2D eigenvalue weighted by Gasteiger charge is -2.18. The fraction of sp³-hybridized carbons (Fsp3) is 0.429. The lowest BCUT2D eigenvalue weighted by Crippen LogP contribution is -2.40. The van der Waals surface area contributed by atoms with Gasteiger partial charge in [0.1, 0.15) is 18.0 Å². The van der Waals surface area contributed by atoms with Crippen molar-refractivity contribution >= 4 is 28.2 Å². The second-order valence-corrected chi connectivity index (χ2v) is 7.14. The molecule has 0 bridgehead atoms. The number of aryl methyl sites for hydroxylation is 2. The molecule has 8 heteroatoms. The maximum atomic E-state index is 13.1. The molecule has 1 aromatic heterocycles. The zero-order chi connectivity index (χ0) is 21.3. The van der Waals surface area contributed by atoms with Gasteiger partial charge in [-0.25, -0.2) is 9.18 Å². The number of allylic oxidation sites excluding steroid dienone is 1. The van der Waals surface area contributed by atoms with Crippen molar-refractivity contribution in [3.8, 4) is 0 Å². The van der Waals surface area contributed by atoms with E-state index >= 15 is 0 Å². The Hall–Kier alpha value is -3.03. The quantitative estimate of drug-likeness (QED) is 0.471. The van der Waals surface area contributed by atoms with Crippen LogP contribution in [0.15, 0.2) is 27.3 Å². The highest BCUT2D eigenvalue weighted by molar-refractivity contribution is 6.25. The number of aliphatic hydroxyl groups is 1. The van der Waals surface area contributed by atoms with Crippen LogP contribution in [0.5, 0.6) is 0 Å². The third kappa shape index (κ3) is 3.43. The predicted molar refractivity (Wildman–Crippen MR) is 107 cm³/mol. The molecule has 0 radical (unpaired) electrons. The van der Waals surface area contributed by atoms with Crippen LogP contribution in [0.1, 0.15) is 43.7 Å². The monoisotopic (exact) mass is 402 g/mol. The average Bonchev–Trinajstić information content (AvgIpc) is 2.68. The highest BCUT2D eigenvalue weighted by atomic mass is 19.1. The molecule has 29 heavy (non-hydrogen) atoms. The van der Waals surface area contributed by atoms with Crippen molar-refractivity contribution in [1.29, 1.82) is 0 Å². The zero-order valence-corrected chi connectivity index (χ0v) is 16.5. The van der Waals surface area contributed by atoms with Crippen molar-refractivity contribution in [3.05, 3.63) is 49.7 Å². The summed E-state index contributed by atoms with van der Waals surface area (Å²) in [5.74, 6) is -1.31. The standard InChI is InChI=1S/C21H23FN2O5/c1-3-10-24-20(28)17-12(2)13(7-8-14(17)23(11-9-22)21(24)29)19(27)18-15(25)5-4-6-16(18)26/h7-8,27H,3-6,9-11H2,1-2H3. The van der Waals surface area contributed by atoms with E-state index in [1.807, 2.05) is 6.92 Å². The first-order valence-electron chi connectivity index (χ1n) is 9.66. The van der Waals surface area contributed by atoms with Gasteiger partial charge in [0.25, 0.3) is 5.56 Å². The van der Waals surface area contributed by atoms with Gasteiger partial charge in [0.2, 0.25) is 0 Å². The second-order valence-electron chi connectivity index (χ2n) is 7.14. The Morgan fingerprint density at radius 1 is 1.07 bits per heavy atom. The van der Waals surface area contributed by atoms with Crippen LogP contribution in [0.2, 0.25) is 0 Å². The van der Waals surface area contributed by atoms with Crippen LogP contribution in [0.3, 0.4) is 0 Å². The van der Waals surface area contributed by atoms with E-state index in [9.17, 15) is 28.7 Å². The van der Waals surface area contributed by atoms with Crippen molar-refractivity contribution in [2.45, 2.75) is 52.6 Å². The maximum absolute atomic E-state index is 13.1. The minimum absolute atomic E-state index is 0.159. The minimum atomic E-state index is -0.779. The summed E-state index contributed by atoms with van der Waals surface area (Å²) in [6.07, 6.45) is 1.34. The summed E-state index contributed by atoms with van der Waals surface area (Å²) in [7, 11) is 0. The Labute approximate surface area is 166 Å². The first-order valence-corrected chi connectivity index (χ1v) is 9.66. The van der Waals surface area contributed by atoms with Gasteiger partial charge in [-0.2, -0.15) is 0 Å². The number of Topliss-reactive ketones (excluding diaryl/α,β-unsaturated/α-hetero) is 2. The van der Waals surface area contributed by atoms with Gasteiger partial charge in [-0.15, -0.1) is 0 Å². The Balaban J connectivity index is 2.38. The predicted octanol–water partition coefficient (Wildman–Crippen LogP) is 2.44. The number of fused-ring (bicyclic) bond motifs is 1. The average molecular weight is 402 g/mol. The molecule has 154 valence electrons. The molecule has 1 N–H and O–H groups in total. The summed E-state index contributed by atoms with van der Waals surface area (Å²) in [6.45, 7) is 2.58. The molecule has 1 saturated carbocycles. The highest BCUT2D eigenvalue weighted by Crippen LogP contribution is 2.29. The molecular formula is C21H23FN2O5. The van der Waals surface area contributed by atoms with Crippen LogP contribution in [0.25, 0.3) is 16.7 Å². The van der Waals surface area contributed by atoms with Crippen molar-refractivity contribution < 1.29 is 19.1 Å². The second kappa shape index (κ2) is 8.14. The highest BCUT2D eigenvalue weighted by Gasteiger charge is 2.29. The number of carbonyl (C=O) groups is 2. The molecule has 0 saturated heterocycles. The summed E-state index contributed by atoms with van der Waals surface area (Å²) < 4.78 is 15.3. The molecular weight excluding hydrogens is 379 g/mol. The van der Waals surface area contributed by atoms with E-state index in [0.717, 1.165) is 4.57 Å². The van der Waals surface area contributed by atoms with E-state index in [-0.39, 0.29) is 48.0 Å². The third-order valence-corrected chi connectivity index (χ3v) is 5.27. The van der Waals surface area contributed by atoms with Crippen LogP contribution in [0.4, 0.5) is 4.39 Å². The number of hydrogen-bond donors (Lipinski definition) is 1. The van der Waals surface area contributed by atoms with Gasteiger partial charge in [0.15, 0.2) is 11.6 Å². The number of rotatable bonds is 5. The third-order valence-electron chi connectivity index (χ3n) is 5.27. The lowest BCUT2D eigenvalue weighted by molar-refractivity contribution is -0.123. The molecule has 1 heterocycles. The number of halogens is 1. The number of hydrogen-bond acceptors (Lipinski definition) is 5. The normalized spacial score (nSPS) is 14.7. The van der Waals surface area contributed by atoms with E-state index in [4.69, 9.17) is 0 Å². The van der Waals surface area contributed by atoms with Crippen molar-refractivity contribution in [3.63, 3.8) is 0 Å². The summed E-state index contributed by atoms with van der Waals surface area (Å²) in [5, 5.41) is 10.9. The molecule has 0 amide bonds. The molecule has 0 unspecified atom stereocenters. The summed E-state index contributed by atoms with van der Waals surface area (Å²) in [5.41, 5.74) is -0.604. The number of nitrogens with zero attached hydrogens (tertiary/aromatic N) is 2. The van der Waals surface area contributed by atoms with E-state index in [2.05, 4.69) is 0 Å². The number of benzene rings is 1. The molecule has 7 nitrogen and oxygen atoms in total. The molecule has 1 aromatic carbocycles. The molecule has 0 aliphatic heterocycles. The summed E-state index contributed by atoms with van der Waals surface area (Å²) in [4.78, 5) is 50.1. The SMILES string of the molecule is CCCn1c(=O)c2c(C)c(C(O)=C3C(=O)CCCC3=O)ccc2n(CCF)c1=O. The van der Waals surface area contributed by atoms with Gasteiger partial charge in [0.05, 0.1) is 17.4 Å². The van der Waals surface area contributed by atoms with Crippen molar-refractivity contribution in [2.24, 2.45) is 0 Å². The number of aliphatic hydroxyl groups excluding tert-OH is 1. The number of ketones is 2. The van der Waals surface area contributed by atoms with Gasteiger partial charge in [-0.05, 0) is 37.5 Å². The van der Waals surface area contributed by atoms with Crippen LogP contribution in [-0.2, 0) is 22.7 Å². The largest absolute Gasteiger partial charge is 0.506 e. The van der Waals surface area contributed by atoms with E-state index in [0.29, 0.717) is 18.4 Å². The van der Waals surface area contributed by atoms with E-state index < -0.39 is 35.2 Å². The topological polar surface area (TPSA) is 98.4 Å². The van der Waals surface area contributed by atoms with Crippen molar-refractivity contribution in [2.75, 3.05) is 6.67 Å². The first-order chi connectivity index (χ1) is 13.8. The van der Waals surface area contributed by atoms with Crippen molar-refractivity contribution in [1.82, 2.24) is 9.13 Å². The Kier molecular flexibility index (Phi) is 5.81. The molecule has 0 spiro atoms. The van der Waals surface area contributed by atoms with Gasteiger partial charge < -0.3 is 5.11 Å². The van der Waals surface area contributed by atoms with Crippen LogP contribution in [-0.4, -0.2) is 32.5 Å². The Morgan fingerprint density at radius 3 is 2.31 bits per heavy atom. The molecule has 1 fully saturated rings. The Morgan fingerprint density at radius 2 is 1.72 bits per heavy atom. The van der Waals surface area contributed by atoms with Gasteiger partial charge in [-0.3, -0.25) is 23.5 Å². The number of aromatic nitrogens is 2. The van der Waals surface area contributed by atoms with Gasteiger partial charge in [-0.1, -0.05) is 6.92 Å². The lowest BCUT2D eigenvalue weighted by atomic mass is 9.88. The maximum Gasteiger partial charge on any atom is 0.331 e. The van der Waals surface area contributed by atoms with Crippen LogP contribution < -0.4 is 11.2 Å².